The standard InChI is InChI=1S/C16H20N4O3/c1-4-15(19(2)3)18-16(17)14-10-9-13(23-14)11-7-5-6-8-12(11)20(21)22/h5-10,15H,4H2,1-3H3,(H2,17,18). The molecule has 0 aliphatic carbocycles. The maximum Gasteiger partial charge on any atom is 0.280 e. The van der Waals surface area contributed by atoms with E-state index in [1.165, 1.54) is 6.07 Å². The lowest BCUT2D eigenvalue weighted by atomic mass is 10.1. The van der Waals surface area contributed by atoms with Gasteiger partial charge in [0.15, 0.2) is 11.6 Å². The molecule has 1 aromatic carbocycles. The lowest BCUT2D eigenvalue weighted by Gasteiger charge is -2.18. The van der Waals surface area contributed by atoms with Crippen molar-refractivity contribution in [1.82, 2.24) is 4.90 Å². The molecule has 0 aliphatic rings. The van der Waals surface area contributed by atoms with Crippen LogP contribution in [0.5, 0.6) is 0 Å². The van der Waals surface area contributed by atoms with E-state index in [1.54, 1.807) is 30.3 Å². The van der Waals surface area contributed by atoms with Crippen LogP contribution in [0.15, 0.2) is 45.8 Å². The molecular weight excluding hydrogens is 296 g/mol. The van der Waals surface area contributed by atoms with Gasteiger partial charge < -0.3 is 10.2 Å². The van der Waals surface area contributed by atoms with Crippen LogP contribution in [0.4, 0.5) is 5.69 Å². The van der Waals surface area contributed by atoms with Crippen LogP contribution in [-0.2, 0) is 0 Å². The van der Waals surface area contributed by atoms with Crippen molar-refractivity contribution in [3.05, 3.63) is 52.3 Å². The summed E-state index contributed by atoms with van der Waals surface area (Å²) in [6.45, 7) is 2.02. The first kappa shape index (κ1) is 16.7. The smallest absolute Gasteiger partial charge is 0.280 e. The van der Waals surface area contributed by atoms with E-state index in [9.17, 15) is 10.1 Å². The summed E-state index contributed by atoms with van der Waals surface area (Å²) < 4.78 is 5.67. The Morgan fingerprint density at radius 2 is 2.04 bits per heavy atom. The van der Waals surface area contributed by atoms with E-state index in [1.807, 2.05) is 25.9 Å². The topological polar surface area (TPSA) is 97.9 Å². The number of rotatable bonds is 6. The molecule has 0 saturated carbocycles. The molecular formula is C16H20N4O3. The second kappa shape index (κ2) is 7.06. The Balaban J connectivity index is 2.35. The summed E-state index contributed by atoms with van der Waals surface area (Å²) in [5, 5.41) is 11.1. The van der Waals surface area contributed by atoms with Crippen LogP contribution in [0, 0.1) is 10.1 Å². The third-order valence-corrected chi connectivity index (χ3v) is 3.47. The van der Waals surface area contributed by atoms with Crippen molar-refractivity contribution in [2.45, 2.75) is 19.5 Å². The molecule has 7 heteroatoms. The van der Waals surface area contributed by atoms with E-state index < -0.39 is 4.92 Å². The number of aliphatic imine (C=N–C) groups is 1. The molecule has 2 rings (SSSR count). The highest BCUT2D eigenvalue weighted by atomic mass is 16.6. The van der Waals surface area contributed by atoms with Crippen molar-refractivity contribution >= 4 is 11.5 Å². The maximum atomic E-state index is 11.1. The van der Waals surface area contributed by atoms with Gasteiger partial charge in [0.1, 0.15) is 11.9 Å². The first-order chi connectivity index (χ1) is 10.9. The van der Waals surface area contributed by atoms with Gasteiger partial charge in [-0.15, -0.1) is 0 Å². The number of hydrogen-bond acceptors (Lipinski definition) is 5. The van der Waals surface area contributed by atoms with Crippen LogP contribution in [0.25, 0.3) is 11.3 Å². The number of nitro groups is 1. The molecule has 0 fully saturated rings. The van der Waals surface area contributed by atoms with Crippen molar-refractivity contribution < 1.29 is 9.34 Å². The number of nitrogens with zero attached hydrogens (tertiary/aromatic N) is 3. The second-order valence-corrected chi connectivity index (χ2v) is 5.30. The van der Waals surface area contributed by atoms with Crippen molar-refractivity contribution in [1.29, 1.82) is 0 Å². The Morgan fingerprint density at radius 3 is 2.65 bits per heavy atom. The van der Waals surface area contributed by atoms with E-state index in [2.05, 4.69) is 4.99 Å². The second-order valence-electron chi connectivity index (χ2n) is 5.30. The highest BCUT2D eigenvalue weighted by molar-refractivity contribution is 5.95. The van der Waals surface area contributed by atoms with Gasteiger partial charge in [0.05, 0.1) is 10.5 Å². The Morgan fingerprint density at radius 1 is 1.35 bits per heavy atom. The molecule has 1 heterocycles. The fraction of sp³-hybridized carbons (Fsp3) is 0.312. The van der Waals surface area contributed by atoms with Gasteiger partial charge in [-0.25, -0.2) is 4.99 Å². The lowest BCUT2D eigenvalue weighted by Crippen LogP contribution is -2.28. The first-order valence-electron chi connectivity index (χ1n) is 7.27. The van der Waals surface area contributed by atoms with Crippen LogP contribution < -0.4 is 5.73 Å². The fourth-order valence-corrected chi connectivity index (χ4v) is 2.26. The number of para-hydroxylation sites is 1. The zero-order valence-electron chi connectivity index (χ0n) is 13.4. The summed E-state index contributed by atoms with van der Waals surface area (Å²) in [5.74, 6) is 1.07. The normalized spacial score (nSPS) is 13.3. The molecule has 23 heavy (non-hydrogen) atoms. The summed E-state index contributed by atoms with van der Waals surface area (Å²) >= 11 is 0. The minimum atomic E-state index is -0.436. The summed E-state index contributed by atoms with van der Waals surface area (Å²) in [5.41, 5.74) is 6.40. The number of nitro benzene ring substituents is 1. The van der Waals surface area contributed by atoms with Crippen molar-refractivity contribution in [3.8, 4) is 11.3 Å². The number of furan rings is 1. The molecule has 0 aliphatic heterocycles. The quantitative estimate of drug-likeness (QED) is 0.382. The van der Waals surface area contributed by atoms with Crippen LogP contribution in [0.2, 0.25) is 0 Å². The van der Waals surface area contributed by atoms with Gasteiger partial charge >= 0.3 is 0 Å². The number of amidine groups is 1. The first-order valence-corrected chi connectivity index (χ1v) is 7.27. The number of benzene rings is 1. The van der Waals surface area contributed by atoms with Crippen LogP contribution in [0.1, 0.15) is 19.1 Å². The van der Waals surface area contributed by atoms with Crippen LogP contribution in [0.3, 0.4) is 0 Å². The van der Waals surface area contributed by atoms with Crippen molar-refractivity contribution in [3.63, 3.8) is 0 Å². The van der Waals surface area contributed by atoms with Crippen molar-refractivity contribution in [2.24, 2.45) is 10.7 Å². The van der Waals surface area contributed by atoms with Crippen LogP contribution in [-0.4, -0.2) is 35.9 Å². The van der Waals surface area contributed by atoms with Gasteiger partial charge in [-0.3, -0.25) is 15.0 Å². The largest absolute Gasteiger partial charge is 0.453 e. The molecule has 1 aromatic heterocycles. The molecule has 0 saturated heterocycles. The van der Waals surface area contributed by atoms with E-state index in [0.29, 0.717) is 17.1 Å². The van der Waals surface area contributed by atoms with Gasteiger partial charge in [0.2, 0.25) is 0 Å². The third-order valence-electron chi connectivity index (χ3n) is 3.47. The Hall–Kier alpha value is -2.67. The van der Waals surface area contributed by atoms with E-state index in [-0.39, 0.29) is 17.7 Å². The molecule has 122 valence electrons. The SMILES string of the molecule is CCC(N=C(N)c1ccc(-c2ccccc2[N+](=O)[O-])o1)N(C)C. The third kappa shape index (κ3) is 3.75. The Kier molecular flexibility index (Phi) is 5.13. The van der Waals surface area contributed by atoms with E-state index in [4.69, 9.17) is 10.2 Å². The van der Waals surface area contributed by atoms with Gasteiger partial charge in [-0.2, -0.15) is 0 Å². The summed E-state index contributed by atoms with van der Waals surface area (Å²) in [6, 6.07) is 9.76. The zero-order valence-corrected chi connectivity index (χ0v) is 13.4. The number of hydrogen-bond donors (Lipinski definition) is 1. The van der Waals surface area contributed by atoms with Gasteiger partial charge in [-0.1, -0.05) is 19.1 Å². The van der Waals surface area contributed by atoms with E-state index >= 15 is 0 Å². The molecule has 0 amide bonds. The average Bonchev–Trinajstić information content (AvgIpc) is 3.01. The van der Waals surface area contributed by atoms with Gasteiger partial charge in [-0.05, 0) is 38.7 Å². The number of nitrogens with two attached hydrogens (primary N) is 1. The van der Waals surface area contributed by atoms with Crippen molar-refractivity contribution in [2.75, 3.05) is 14.1 Å². The fourth-order valence-electron chi connectivity index (χ4n) is 2.26. The molecule has 1 atom stereocenters. The summed E-state index contributed by atoms with van der Waals surface area (Å²) in [4.78, 5) is 17.0. The molecule has 0 radical (unpaired) electrons. The maximum absolute atomic E-state index is 11.1. The van der Waals surface area contributed by atoms with Gasteiger partial charge in [0, 0.05) is 6.07 Å². The molecule has 1 unspecified atom stereocenters. The van der Waals surface area contributed by atoms with E-state index in [0.717, 1.165) is 6.42 Å². The zero-order chi connectivity index (χ0) is 17.0. The highest BCUT2D eigenvalue weighted by Crippen LogP contribution is 2.30. The molecule has 7 nitrogen and oxygen atoms in total. The summed E-state index contributed by atoms with van der Waals surface area (Å²) in [7, 11) is 3.84. The van der Waals surface area contributed by atoms with Crippen LogP contribution >= 0.6 is 0 Å². The molecule has 0 spiro atoms. The average molecular weight is 316 g/mol. The lowest BCUT2D eigenvalue weighted by molar-refractivity contribution is -0.384. The summed E-state index contributed by atoms with van der Waals surface area (Å²) in [6.07, 6.45) is 0.764. The minimum Gasteiger partial charge on any atom is -0.453 e. The predicted octanol–water partition coefficient (Wildman–Crippen LogP) is 2.86. The minimum absolute atomic E-state index is 0.0105. The Labute approximate surface area is 134 Å². The highest BCUT2D eigenvalue weighted by Gasteiger charge is 2.18. The molecule has 0 bridgehead atoms. The van der Waals surface area contributed by atoms with Gasteiger partial charge in [0.25, 0.3) is 5.69 Å². The monoisotopic (exact) mass is 316 g/mol. The predicted molar refractivity (Wildman–Crippen MR) is 89.3 cm³/mol. The Bertz CT molecular complexity index is 722. The molecule has 2 aromatic rings. The molecule has 2 N–H and O–H groups in total.